The minimum atomic E-state index is -0.973. The molecule has 0 spiro atoms. The summed E-state index contributed by atoms with van der Waals surface area (Å²) in [5.74, 6) is 0.376. The predicted octanol–water partition coefficient (Wildman–Crippen LogP) is 12.3. The molecule has 0 aliphatic carbocycles. The van der Waals surface area contributed by atoms with Gasteiger partial charge in [0.25, 0.3) is 0 Å². The van der Waals surface area contributed by atoms with Crippen LogP contribution in [0, 0.1) is 0 Å². The first-order chi connectivity index (χ1) is 18.3. The van der Waals surface area contributed by atoms with Gasteiger partial charge in [0.15, 0.2) is 0 Å². The molecule has 190 valence electrons. The molecule has 0 radical (unpaired) electrons. The zero-order chi connectivity index (χ0) is 26.9. The van der Waals surface area contributed by atoms with Crippen LogP contribution in [-0.2, 0) is 10.8 Å². The molecule has 0 aliphatic rings. The van der Waals surface area contributed by atoms with Gasteiger partial charge in [-0.3, -0.25) is 0 Å². The Balaban J connectivity index is 1.92. The molecule has 0 aliphatic heterocycles. The maximum atomic E-state index is 7.91. The van der Waals surface area contributed by atoms with Gasteiger partial charge in [-0.05, 0) is 93.0 Å². The highest BCUT2D eigenvalue weighted by atomic mass is 79.9. The maximum absolute atomic E-state index is 7.91. The molecule has 5 rings (SSSR count). The van der Waals surface area contributed by atoms with Gasteiger partial charge in [-0.15, -0.1) is 23.2 Å². The van der Waals surface area contributed by atoms with Crippen molar-refractivity contribution in [3.05, 3.63) is 149 Å². The first-order valence-electron chi connectivity index (χ1n) is 11.8. The monoisotopic (exact) mass is 790 g/mol. The summed E-state index contributed by atoms with van der Waals surface area (Å²) < 4.78 is 4.03. The third-order valence-corrected chi connectivity index (χ3v) is 9.60. The van der Waals surface area contributed by atoms with Crippen LogP contribution in [0.1, 0.15) is 22.3 Å². The van der Waals surface area contributed by atoms with Gasteiger partial charge in [0.1, 0.15) is 4.87 Å². The van der Waals surface area contributed by atoms with Crippen molar-refractivity contribution >= 4 is 86.9 Å². The Morgan fingerprint density at radius 3 is 1.24 bits per heavy atom. The highest BCUT2D eigenvalue weighted by Crippen LogP contribution is 2.51. The molecule has 0 atom stereocenters. The third kappa shape index (κ3) is 5.59. The van der Waals surface area contributed by atoms with Gasteiger partial charge >= 0.3 is 0 Å². The third-order valence-electron chi connectivity index (χ3n) is 6.56. The fourth-order valence-electron chi connectivity index (χ4n) is 4.74. The highest BCUT2D eigenvalue weighted by Gasteiger charge is 2.37. The smallest absolute Gasteiger partial charge is 0.120 e. The Kier molecular flexibility index (Phi) is 8.88. The van der Waals surface area contributed by atoms with Crippen LogP contribution in [0.4, 0.5) is 0 Å². The second-order valence-electron chi connectivity index (χ2n) is 8.84. The molecule has 0 fully saturated rings. The summed E-state index contributed by atoms with van der Waals surface area (Å²) in [4.78, 5) is -0.973. The summed E-state index contributed by atoms with van der Waals surface area (Å²) in [6, 6.07) is 37.5. The molecule has 38 heavy (non-hydrogen) atoms. The van der Waals surface area contributed by atoms with Crippen LogP contribution in [0.15, 0.2) is 127 Å². The standard InChI is InChI=1S/C32H20Br4Cl2/c33-25-10-1-20(2-11-25)30-22(19-37)5-18-29(31(30)21-3-12-26(34)13-4-21)32(38,23-6-14-27(35)15-7-23)24-8-16-28(36)17-9-24/h1-18H,19H2. The van der Waals surface area contributed by atoms with Crippen LogP contribution in [0.25, 0.3) is 22.3 Å². The van der Waals surface area contributed by atoms with Crippen LogP contribution < -0.4 is 0 Å². The second kappa shape index (κ2) is 12.0. The lowest BCUT2D eigenvalue weighted by Crippen LogP contribution is -2.24. The van der Waals surface area contributed by atoms with E-state index in [1.165, 1.54) is 0 Å². The normalized spacial score (nSPS) is 11.5. The molecule has 6 heteroatoms. The highest BCUT2D eigenvalue weighted by molar-refractivity contribution is 9.11. The quantitative estimate of drug-likeness (QED) is 0.119. The van der Waals surface area contributed by atoms with Crippen LogP contribution >= 0.6 is 86.9 Å². The van der Waals surface area contributed by atoms with E-state index in [9.17, 15) is 0 Å². The van der Waals surface area contributed by atoms with E-state index in [0.717, 1.165) is 62.4 Å². The zero-order valence-corrected chi connectivity index (χ0v) is 27.7. The molecule has 0 N–H and O–H groups in total. The Morgan fingerprint density at radius 2 is 0.842 bits per heavy atom. The van der Waals surface area contributed by atoms with Gasteiger partial charge in [-0.25, -0.2) is 0 Å². The Hall–Kier alpha value is -1.40. The number of alkyl halides is 2. The van der Waals surface area contributed by atoms with E-state index in [1.807, 2.05) is 24.3 Å². The molecule has 5 aromatic rings. The van der Waals surface area contributed by atoms with Crippen molar-refractivity contribution in [1.29, 1.82) is 0 Å². The largest absolute Gasteiger partial charge is 0.122 e. The fourth-order valence-corrected chi connectivity index (χ4v) is 6.43. The number of hydrogen-bond donors (Lipinski definition) is 0. The zero-order valence-electron chi connectivity index (χ0n) is 19.9. The van der Waals surface area contributed by atoms with Crippen molar-refractivity contribution in [3.8, 4) is 22.3 Å². The Bertz CT molecular complexity index is 1520. The van der Waals surface area contributed by atoms with Crippen molar-refractivity contribution in [2.24, 2.45) is 0 Å². The molecular weight excluding hydrogens is 775 g/mol. The van der Waals surface area contributed by atoms with E-state index in [1.54, 1.807) is 0 Å². The minimum Gasteiger partial charge on any atom is -0.122 e. The molecule has 0 unspecified atom stereocenters. The predicted molar refractivity (Wildman–Crippen MR) is 176 cm³/mol. The van der Waals surface area contributed by atoms with Gasteiger partial charge in [0.2, 0.25) is 0 Å². The summed E-state index contributed by atoms with van der Waals surface area (Å²) >= 11 is 28.8. The second-order valence-corrected chi connectivity index (χ2v) is 13.3. The lowest BCUT2D eigenvalue weighted by Gasteiger charge is -2.33. The Labute approximate surface area is 266 Å². The molecule has 0 saturated carbocycles. The molecule has 0 bridgehead atoms. The molecule has 0 aromatic heterocycles. The average Bonchev–Trinajstić information content (AvgIpc) is 2.93. The van der Waals surface area contributed by atoms with Crippen LogP contribution in [0.3, 0.4) is 0 Å². The number of benzene rings is 5. The minimum absolute atomic E-state index is 0.376. The van der Waals surface area contributed by atoms with Gasteiger partial charge in [-0.2, -0.15) is 0 Å². The van der Waals surface area contributed by atoms with E-state index in [2.05, 4.69) is 149 Å². The van der Waals surface area contributed by atoms with Crippen LogP contribution in [0.2, 0.25) is 0 Å². The van der Waals surface area contributed by atoms with Gasteiger partial charge in [-0.1, -0.05) is 124 Å². The van der Waals surface area contributed by atoms with Gasteiger partial charge < -0.3 is 0 Å². The van der Waals surface area contributed by atoms with E-state index >= 15 is 0 Å². The van der Waals surface area contributed by atoms with Crippen molar-refractivity contribution in [2.75, 3.05) is 0 Å². The van der Waals surface area contributed by atoms with Crippen molar-refractivity contribution in [1.82, 2.24) is 0 Å². The molecule has 5 aromatic carbocycles. The van der Waals surface area contributed by atoms with Crippen LogP contribution in [-0.4, -0.2) is 0 Å². The summed E-state index contributed by atoms with van der Waals surface area (Å²) in [6.45, 7) is 0. The lowest BCUT2D eigenvalue weighted by molar-refractivity contribution is 0.880. The van der Waals surface area contributed by atoms with Gasteiger partial charge in [0.05, 0.1) is 0 Å². The average molecular weight is 795 g/mol. The molecule has 0 nitrogen and oxygen atoms in total. The first kappa shape index (κ1) is 28.1. The summed E-state index contributed by atoms with van der Waals surface area (Å²) in [5, 5.41) is 0. The van der Waals surface area contributed by atoms with Crippen molar-refractivity contribution in [2.45, 2.75) is 10.8 Å². The fraction of sp³-hybridized carbons (Fsp3) is 0.0625. The number of rotatable bonds is 6. The molecular formula is C32H20Br4Cl2. The molecule has 0 amide bonds. The molecule has 0 heterocycles. The van der Waals surface area contributed by atoms with Crippen molar-refractivity contribution < 1.29 is 0 Å². The first-order valence-corrected chi connectivity index (χ1v) is 15.8. The van der Waals surface area contributed by atoms with Crippen LogP contribution in [0.5, 0.6) is 0 Å². The van der Waals surface area contributed by atoms with Crippen molar-refractivity contribution in [3.63, 3.8) is 0 Å². The topological polar surface area (TPSA) is 0 Å². The molecule has 0 saturated heterocycles. The Morgan fingerprint density at radius 1 is 0.474 bits per heavy atom. The van der Waals surface area contributed by atoms with Gasteiger partial charge in [0, 0.05) is 23.8 Å². The summed E-state index contributed by atoms with van der Waals surface area (Å²) in [7, 11) is 0. The summed E-state index contributed by atoms with van der Waals surface area (Å²) in [5.41, 5.74) is 8.25. The SMILES string of the molecule is ClCc1ccc(C(Cl)(c2ccc(Br)cc2)c2ccc(Br)cc2)c(-c2ccc(Br)cc2)c1-c1ccc(Br)cc1. The van der Waals surface area contributed by atoms with E-state index in [0.29, 0.717) is 5.88 Å². The summed E-state index contributed by atoms with van der Waals surface area (Å²) in [6.07, 6.45) is 0. The number of hydrogen-bond acceptors (Lipinski definition) is 0. The lowest BCUT2D eigenvalue weighted by atomic mass is 9.77. The number of halogens is 6. The van der Waals surface area contributed by atoms with E-state index < -0.39 is 4.87 Å². The maximum Gasteiger partial charge on any atom is 0.120 e. The van der Waals surface area contributed by atoms with E-state index in [4.69, 9.17) is 23.2 Å². The van der Waals surface area contributed by atoms with E-state index in [-0.39, 0.29) is 0 Å².